The number of nitrogens with two attached hydrogens (primary N) is 1. The number of anilines is 3. The Labute approximate surface area is 146 Å². The third-order valence-corrected chi connectivity index (χ3v) is 5.91. The van der Waals surface area contributed by atoms with Crippen LogP contribution in [0.5, 0.6) is 0 Å². The van der Waals surface area contributed by atoms with Gasteiger partial charge in [0.1, 0.15) is 5.82 Å². The van der Waals surface area contributed by atoms with E-state index >= 15 is 0 Å². The molecule has 0 spiro atoms. The van der Waals surface area contributed by atoms with Crippen LogP contribution in [0, 0.1) is 5.92 Å². The zero-order valence-corrected chi connectivity index (χ0v) is 14.6. The van der Waals surface area contributed by atoms with Crippen LogP contribution in [-0.2, 0) is 0 Å². The summed E-state index contributed by atoms with van der Waals surface area (Å²) in [5.74, 6) is 2.87. The van der Waals surface area contributed by atoms with Gasteiger partial charge in [0.25, 0.3) is 0 Å². The Morgan fingerprint density at radius 1 is 1.12 bits per heavy atom. The molecule has 0 unspecified atom stereocenters. The van der Waals surface area contributed by atoms with Gasteiger partial charge in [0.2, 0.25) is 5.95 Å². The van der Waals surface area contributed by atoms with Crippen molar-refractivity contribution in [2.75, 3.05) is 17.2 Å². The van der Waals surface area contributed by atoms with Gasteiger partial charge in [-0.1, -0.05) is 0 Å². The van der Waals surface area contributed by atoms with Crippen LogP contribution in [0.2, 0.25) is 0 Å². The van der Waals surface area contributed by atoms with E-state index in [1.54, 1.807) is 17.5 Å². The first kappa shape index (κ1) is 15.8. The lowest BCUT2D eigenvalue weighted by Crippen LogP contribution is -2.29. The second-order valence-corrected chi connectivity index (χ2v) is 7.96. The van der Waals surface area contributed by atoms with E-state index in [1.807, 2.05) is 12.3 Å². The zero-order chi connectivity index (χ0) is 16.4. The van der Waals surface area contributed by atoms with Crippen LogP contribution in [-0.4, -0.2) is 27.5 Å². The highest BCUT2D eigenvalue weighted by Crippen LogP contribution is 2.43. The smallest absolute Gasteiger partial charge is 0.224 e. The van der Waals surface area contributed by atoms with Gasteiger partial charge in [0.05, 0.1) is 0 Å². The Hall–Kier alpha value is -1.73. The molecule has 0 radical (unpaired) electrons. The van der Waals surface area contributed by atoms with Crippen molar-refractivity contribution in [2.45, 2.75) is 50.5 Å². The number of hydrogen-bond donors (Lipinski definition) is 3. The molecule has 24 heavy (non-hydrogen) atoms. The molecule has 128 valence electrons. The Balaban J connectivity index is 1.32. The summed E-state index contributed by atoms with van der Waals surface area (Å²) in [6.07, 6.45) is 11.0. The van der Waals surface area contributed by atoms with Crippen molar-refractivity contribution in [3.63, 3.8) is 0 Å². The molecule has 2 aromatic heterocycles. The van der Waals surface area contributed by atoms with Crippen molar-refractivity contribution in [3.05, 3.63) is 23.3 Å². The fourth-order valence-electron chi connectivity index (χ4n) is 3.15. The van der Waals surface area contributed by atoms with E-state index in [9.17, 15) is 0 Å². The Bertz CT molecular complexity index is 675. The molecule has 7 heteroatoms. The van der Waals surface area contributed by atoms with Gasteiger partial charge in [-0.05, 0) is 56.4 Å². The molecule has 2 aliphatic rings. The van der Waals surface area contributed by atoms with Crippen LogP contribution >= 0.6 is 11.3 Å². The fourth-order valence-corrected chi connectivity index (χ4v) is 4.14. The standard InChI is InChI=1S/C17H24N6S/c18-13-5-1-11(2-6-13)9-20-16-19-8-7-15(22-16)23-17-21-10-14(24-17)12-3-4-12/h7-8,10-13H,1-6,9,18H2,(H2,19,20,21,22,23). The van der Waals surface area contributed by atoms with Gasteiger partial charge in [-0.3, -0.25) is 0 Å². The van der Waals surface area contributed by atoms with Crippen molar-refractivity contribution < 1.29 is 0 Å². The second kappa shape index (κ2) is 7.03. The van der Waals surface area contributed by atoms with Gasteiger partial charge >= 0.3 is 0 Å². The molecule has 0 atom stereocenters. The molecule has 4 N–H and O–H groups in total. The van der Waals surface area contributed by atoms with E-state index < -0.39 is 0 Å². The van der Waals surface area contributed by atoms with Gasteiger partial charge in [-0.25, -0.2) is 9.97 Å². The molecule has 6 nitrogen and oxygen atoms in total. The van der Waals surface area contributed by atoms with Crippen LogP contribution in [0.4, 0.5) is 16.9 Å². The molecular weight excluding hydrogens is 320 g/mol. The van der Waals surface area contributed by atoms with E-state index in [0.717, 1.165) is 36.3 Å². The molecule has 2 saturated carbocycles. The maximum absolute atomic E-state index is 5.96. The molecule has 0 bridgehead atoms. The lowest BCUT2D eigenvalue weighted by molar-refractivity contribution is 0.338. The molecule has 2 heterocycles. The molecule has 0 amide bonds. The maximum atomic E-state index is 5.96. The van der Waals surface area contributed by atoms with E-state index in [-0.39, 0.29) is 0 Å². The maximum Gasteiger partial charge on any atom is 0.224 e. The summed E-state index contributed by atoms with van der Waals surface area (Å²) < 4.78 is 0. The van der Waals surface area contributed by atoms with Crippen molar-refractivity contribution >= 4 is 28.2 Å². The van der Waals surface area contributed by atoms with Gasteiger partial charge in [0, 0.05) is 29.9 Å². The molecule has 0 saturated heterocycles. The highest BCUT2D eigenvalue weighted by Gasteiger charge is 2.25. The summed E-state index contributed by atoms with van der Waals surface area (Å²) >= 11 is 1.73. The molecular formula is C17H24N6S. The van der Waals surface area contributed by atoms with Crippen LogP contribution < -0.4 is 16.4 Å². The largest absolute Gasteiger partial charge is 0.354 e. The molecule has 2 aromatic rings. The lowest BCUT2D eigenvalue weighted by atomic mass is 9.86. The van der Waals surface area contributed by atoms with Gasteiger partial charge in [0.15, 0.2) is 5.13 Å². The number of rotatable bonds is 6. The molecule has 4 rings (SSSR count). The number of aromatic nitrogens is 3. The lowest BCUT2D eigenvalue weighted by Gasteiger charge is -2.26. The average molecular weight is 344 g/mol. The highest BCUT2D eigenvalue weighted by atomic mass is 32.1. The summed E-state index contributed by atoms with van der Waals surface area (Å²) in [5.41, 5.74) is 5.96. The van der Waals surface area contributed by atoms with Gasteiger partial charge in [-0.15, -0.1) is 11.3 Å². The predicted octanol–water partition coefficient (Wildman–Crippen LogP) is 3.48. The van der Waals surface area contributed by atoms with Gasteiger partial charge < -0.3 is 16.4 Å². The fraction of sp³-hybridized carbons (Fsp3) is 0.588. The minimum atomic E-state index is 0.392. The Kier molecular flexibility index (Phi) is 4.62. The van der Waals surface area contributed by atoms with Crippen molar-refractivity contribution in [2.24, 2.45) is 11.7 Å². The van der Waals surface area contributed by atoms with Crippen LogP contribution in [0.25, 0.3) is 0 Å². The average Bonchev–Trinajstić information content (AvgIpc) is 3.35. The normalized spacial score (nSPS) is 23.9. The Morgan fingerprint density at radius 2 is 1.96 bits per heavy atom. The number of thiazole rings is 1. The van der Waals surface area contributed by atoms with Crippen molar-refractivity contribution in [1.29, 1.82) is 0 Å². The SMILES string of the molecule is NC1CCC(CNc2nccc(Nc3ncc(C4CC4)s3)n2)CC1. The minimum absolute atomic E-state index is 0.392. The van der Waals surface area contributed by atoms with E-state index in [2.05, 4.69) is 25.6 Å². The highest BCUT2D eigenvalue weighted by molar-refractivity contribution is 7.15. The zero-order valence-electron chi connectivity index (χ0n) is 13.7. The quantitative estimate of drug-likeness (QED) is 0.743. The van der Waals surface area contributed by atoms with E-state index in [0.29, 0.717) is 17.9 Å². The number of nitrogens with zero attached hydrogens (tertiary/aromatic N) is 3. The summed E-state index contributed by atoms with van der Waals surface area (Å²) in [7, 11) is 0. The van der Waals surface area contributed by atoms with Crippen molar-refractivity contribution in [1.82, 2.24) is 15.0 Å². The first-order valence-corrected chi connectivity index (χ1v) is 9.63. The van der Waals surface area contributed by atoms with Gasteiger partial charge in [-0.2, -0.15) is 4.98 Å². The molecule has 0 aliphatic heterocycles. The second-order valence-electron chi connectivity index (χ2n) is 6.89. The predicted molar refractivity (Wildman–Crippen MR) is 97.8 cm³/mol. The third kappa shape index (κ3) is 4.02. The first-order chi connectivity index (χ1) is 11.8. The number of nitrogens with one attached hydrogen (secondary N) is 2. The van der Waals surface area contributed by atoms with Crippen LogP contribution in [0.1, 0.15) is 49.3 Å². The molecule has 0 aromatic carbocycles. The summed E-state index contributed by atoms with van der Waals surface area (Å²) in [4.78, 5) is 14.7. The monoisotopic (exact) mass is 344 g/mol. The summed E-state index contributed by atoms with van der Waals surface area (Å²) in [5, 5.41) is 7.57. The first-order valence-electron chi connectivity index (χ1n) is 8.81. The third-order valence-electron chi connectivity index (χ3n) is 4.83. The minimum Gasteiger partial charge on any atom is -0.354 e. The molecule has 2 aliphatic carbocycles. The summed E-state index contributed by atoms with van der Waals surface area (Å²) in [6, 6.07) is 2.27. The Morgan fingerprint density at radius 3 is 2.75 bits per heavy atom. The summed E-state index contributed by atoms with van der Waals surface area (Å²) in [6.45, 7) is 0.916. The molecule has 2 fully saturated rings. The van der Waals surface area contributed by atoms with Crippen molar-refractivity contribution in [3.8, 4) is 0 Å². The van der Waals surface area contributed by atoms with E-state index in [4.69, 9.17) is 5.73 Å². The van der Waals surface area contributed by atoms with Crippen LogP contribution in [0.15, 0.2) is 18.5 Å². The van der Waals surface area contributed by atoms with E-state index in [1.165, 1.54) is 30.6 Å². The topological polar surface area (TPSA) is 88.8 Å². The number of hydrogen-bond acceptors (Lipinski definition) is 7. The van der Waals surface area contributed by atoms with Crippen LogP contribution in [0.3, 0.4) is 0 Å².